The number of anilines is 2. The van der Waals surface area contributed by atoms with E-state index in [-0.39, 0.29) is 5.69 Å². The maximum atomic E-state index is 11.7. The molecular weight excluding hydrogens is 314 g/mol. The zero-order chi connectivity index (χ0) is 17.1. The molecule has 0 radical (unpaired) electrons. The van der Waals surface area contributed by atoms with Gasteiger partial charge in [0.15, 0.2) is 5.69 Å². The molecule has 2 fully saturated rings. The second-order valence-electron chi connectivity index (χ2n) is 5.92. The van der Waals surface area contributed by atoms with Crippen LogP contribution in [-0.4, -0.2) is 65.8 Å². The Labute approximate surface area is 139 Å². The van der Waals surface area contributed by atoms with E-state index in [1.807, 2.05) is 4.90 Å². The number of aromatic nitrogens is 2. The van der Waals surface area contributed by atoms with Crippen LogP contribution in [0.4, 0.5) is 11.6 Å². The molecule has 9 heteroatoms. The molecule has 3 rings (SSSR count). The van der Waals surface area contributed by atoms with Crippen molar-refractivity contribution < 1.29 is 19.4 Å². The van der Waals surface area contributed by atoms with E-state index in [2.05, 4.69) is 9.97 Å². The van der Waals surface area contributed by atoms with Gasteiger partial charge in [0, 0.05) is 19.6 Å². The number of carbonyl (C=O) groups is 2. The van der Waals surface area contributed by atoms with Gasteiger partial charge in [-0.2, -0.15) is 0 Å². The van der Waals surface area contributed by atoms with Gasteiger partial charge in [0.2, 0.25) is 11.9 Å². The molecule has 2 aliphatic rings. The number of morpholine rings is 1. The minimum atomic E-state index is -1.14. The zero-order valence-corrected chi connectivity index (χ0v) is 13.3. The first-order chi connectivity index (χ1) is 11.6. The second-order valence-corrected chi connectivity index (χ2v) is 5.92. The number of hydrogen-bond acceptors (Lipinski definition) is 7. The summed E-state index contributed by atoms with van der Waals surface area (Å²) >= 11 is 0. The average Bonchev–Trinajstić information content (AvgIpc) is 2.62. The SMILES string of the molecule is NC(=O)C1CCCCN1c1cnc(N2CCOCC2)nc1C(=O)O. The lowest BCUT2D eigenvalue weighted by Crippen LogP contribution is -2.48. The lowest BCUT2D eigenvalue weighted by atomic mass is 10.0. The lowest BCUT2D eigenvalue weighted by molar-refractivity contribution is -0.119. The average molecular weight is 335 g/mol. The van der Waals surface area contributed by atoms with E-state index in [0.717, 1.165) is 12.8 Å². The number of nitrogens with zero attached hydrogens (tertiary/aromatic N) is 4. The van der Waals surface area contributed by atoms with Crippen LogP contribution < -0.4 is 15.5 Å². The summed E-state index contributed by atoms with van der Waals surface area (Å²) in [6.45, 7) is 2.92. The van der Waals surface area contributed by atoms with Crippen molar-refractivity contribution in [1.29, 1.82) is 0 Å². The van der Waals surface area contributed by atoms with E-state index >= 15 is 0 Å². The predicted molar refractivity (Wildman–Crippen MR) is 86.2 cm³/mol. The van der Waals surface area contributed by atoms with Crippen LogP contribution in [0.15, 0.2) is 6.20 Å². The molecule has 9 nitrogen and oxygen atoms in total. The smallest absolute Gasteiger partial charge is 0.356 e. The molecule has 2 aliphatic heterocycles. The number of ether oxygens (including phenoxy) is 1. The number of hydrogen-bond donors (Lipinski definition) is 2. The number of rotatable bonds is 4. The minimum Gasteiger partial charge on any atom is -0.476 e. The van der Waals surface area contributed by atoms with Crippen molar-refractivity contribution in [2.24, 2.45) is 5.73 Å². The van der Waals surface area contributed by atoms with Gasteiger partial charge in [-0.05, 0) is 19.3 Å². The van der Waals surface area contributed by atoms with Gasteiger partial charge in [-0.15, -0.1) is 0 Å². The van der Waals surface area contributed by atoms with Crippen molar-refractivity contribution in [3.63, 3.8) is 0 Å². The van der Waals surface area contributed by atoms with Crippen LogP contribution in [0.1, 0.15) is 29.8 Å². The Morgan fingerprint density at radius 3 is 2.67 bits per heavy atom. The van der Waals surface area contributed by atoms with Crippen LogP contribution >= 0.6 is 0 Å². The van der Waals surface area contributed by atoms with Crippen LogP contribution in [0.25, 0.3) is 0 Å². The van der Waals surface area contributed by atoms with E-state index in [4.69, 9.17) is 10.5 Å². The lowest BCUT2D eigenvalue weighted by Gasteiger charge is -2.36. The molecule has 1 aromatic heterocycles. The third-order valence-corrected chi connectivity index (χ3v) is 4.39. The van der Waals surface area contributed by atoms with E-state index in [1.165, 1.54) is 6.20 Å². The van der Waals surface area contributed by atoms with Crippen molar-refractivity contribution >= 4 is 23.5 Å². The Bertz CT molecular complexity index is 632. The van der Waals surface area contributed by atoms with Gasteiger partial charge >= 0.3 is 5.97 Å². The molecule has 24 heavy (non-hydrogen) atoms. The first-order valence-electron chi connectivity index (χ1n) is 8.07. The zero-order valence-electron chi connectivity index (χ0n) is 13.3. The van der Waals surface area contributed by atoms with Crippen LogP contribution in [0, 0.1) is 0 Å². The summed E-state index contributed by atoms with van der Waals surface area (Å²) in [5.41, 5.74) is 5.73. The number of carbonyl (C=O) groups excluding carboxylic acids is 1. The Balaban J connectivity index is 1.94. The minimum absolute atomic E-state index is 0.0976. The van der Waals surface area contributed by atoms with Crippen molar-refractivity contribution in [1.82, 2.24) is 9.97 Å². The van der Waals surface area contributed by atoms with Crippen LogP contribution in [0.2, 0.25) is 0 Å². The first kappa shape index (κ1) is 16.4. The fourth-order valence-corrected chi connectivity index (χ4v) is 3.17. The Morgan fingerprint density at radius 2 is 2.00 bits per heavy atom. The Hall–Kier alpha value is -2.42. The molecule has 1 amide bonds. The summed E-state index contributed by atoms with van der Waals surface area (Å²) in [6.07, 6.45) is 3.86. The van der Waals surface area contributed by atoms with Crippen molar-refractivity contribution in [2.75, 3.05) is 42.6 Å². The molecule has 3 N–H and O–H groups in total. The molecule has 0 spiro atoms. The Kier molecular flexibility index (Phi) is 4.79. The number of piperidine rings is 1. The molecule has 0 bridgehead atoms. The van der Waals surface area contributed by atoms with Crippen LogP contribution in [-0.2, 0) is 9.53 Å². The Morgan fingerprint density at radius 1 is 1.25 bits per heavy atom. The van der Waals surface area contributed by atoms with E-state index in [0.29, 0.717) is 50.9 Å². The van der Waals surface area contributed by atoms with Gasteiger partial charge in [-0.1, -0.05) is 0 Å². The number of amides is 1. The van der Waals surface area contributed by atoms with Gasteiger partial charge in [0.1, 0.15) is 6.04 Å². The quantitative estimate of drug-likeness (QED) is 0.779. The molecule has 1 atom stereocenters. The number of nitrogens with two attached hydrogens (primary N) is 1. The van der Waals surface area contributed by atoms with Gasteiger partial charge in [-0.25, -0.2) is 14.8 Å². The molecular formula is C15H21N5O4. The van der Waals surface area contributed by atoms with E-state index in [9.17, 15) is 14.7 Å². The summed E-state index contributed by atoms with van der Waals surface area (Å²) in [7, 11) is 0. The fourth-order valence-electron chi connectivity index (χ4n) is 3.17. The van der Waals surface area contributed by atoms with Crippen LogP contribution in [0.5, 0.6) is 0 Å². The number of aromatic carboxylic acids is 1. The van der Waals surface area contributed by atoms with Gasteiger partial charge in [-0.3, -0.25) is 4.79 Å². The number of primary amides is 1. The van der Waals surface area contributed by atoms with Crippen molar-refractivity contribution in [3.05, 3.63) is 11.9 Å². The van der Waals surface area contributed by atoms with Gasteiger partial charge < -0.3 is 25.4 Å². The topological polar surface area (TPSA) is 122 Å². The standard InChI is InChI=1S/C15H21N5O4/c16-13(21)10-3-1-2-4-20(10)11-9-17-15(18-12(11)14(22)23)19-5-7-24-8-6-19/h9-10H,1-8H2,(H2,16,21)(H,22,23). The summed E-state index contributed by atoms with van der Waals surface area (Å²) in [5, 5.41) is 9.57. The molecule has 1 aromatic rings. The normalized spacial score (nSPS) is 21.6. The highest BCUT2D eigenvalue weighted by Gasteiger charge is 2.31. The molecule has 3 heterocycles. The third kappa shape index (κ3) is 3.25. The first-order valence-corrected chi connectivity index (χ1v) is 8.07. The monoisotopic (exact) mass is 335 g/mol. The number of carboxylic acid groups (broad SMARTS) is 1. The van der Waals surface area contributed by atoms with E-state index in [1.54, 1.807) is 4.90 Å². The predicted octanol–water partition coefficient (Wildman–Crippen LogP) is -0.144. The summed E-state index contributed by atoms with van der Waals surface area (Å²) in [4.78, 5) is 35.6. The largest absolute Gasteiger partial charge is 0.476 e. The molecule has 130 valence electrons. The van der Waals surface area contributed by atoms with E-state index < -0.39 is 17.9 Å². The summed E-state index contributed by atoms with van der Waals surface area (Å²) in [5.74, 6) is -1.23. The van der Waals surface area contributed by atoms with Gasteiger partial charge in [0.05, 0.1) is 25.1 Å². The van der Waals surface area contributed by atoms with Crippen LogP contribution in [0.3, 0.4) is 0 Å². The number of carboxylic acids is 1. The second kappa shape index (κ2) is 7.00. The molecule has 2 saturated heterocycles. The van der Waals surface area contributed by atoms with Crippen molar-refractivity contribution in [3.8, 4) is 0 Å². The summed E-state index contributed by atoms with van der Waals surface area (Å²) in [6, 6.07) is -0.519. The molecule has 0 saturated carbocycles. The third-order valence-electron chi connectivity index (χ3n) is 4.39. The highest BCUT2D eigenvalue weighted by Crippen LogP contribution is 2.28. The highest BCUT2D eigenvalue weighted by atomic mass is 16.5. The maximum absolute atomic E-state index is 11.7. The molecule has 0 aliphatic carbocycles. The molecule has 1 unspecified atom stereocenters. The highest BCUT2D eigenvalue weighted by molar-refractivity contribution is 5.94. The fraction of sp³-hybridized carbons (Fsp3) is 0.600. The molecule has 0 aromatic carbocycles. The maximum Gasteiger partial charge on any atom is 0.356 e. The van der Waals surface area contributed by atoms with Gasteiger partial charge in [0.25, 0.3) is 0 Å². The summed E-state index contributed by atoms with van der Waals surface area (Å²) < 4.78 is 5.29. The van der Waals surface area contributed by atoms with Crippen molar-refractivity contribution in [2.45, 2.75) is 25.3 Å².